The zero-order valence-corrected chi connectivity index (χ0v) is 11.9. The van der Waals surface area contributed by atoms with Gasteiger partial charge in [-0.15, -0.1) is 0 Å². The van der Waals surface area contributed by atoms with Crippen LogP contribution in [0.1, 0.15) is 28.5 Å². The van der Waals surface area contributed by atoms with Gasteiger partial charge in [-0.3, -0.25) is 0 Å². The van der Waals surface area contributed by atoms with Crippen LogP contribution in [0, 0.1) is 12.7 Å². The van der Waals surface area contributed by atoms with E-state index in [0.717, 1.165) is 0 Å². The van der Waals surface area contributed by atoms with Gasteiger partial charge in [-0.2, -0.15) is 0 Å². The quantitative estimate of drug-likeness (QED) is 0.857. The Balaban J connectivity index is 2.07. The van der Waals surface area contributed by atoms with Crippen molar-refractivity contribution in [3.05, 3.63) is 53.1 Å². The fraction of sp³-hybridized carbons (Fsp3) is 0.267. The molecular formula is C15H16FN3O2. The van der Waals surface area contributed by atoms with Crippen molar-refractivity contribution in [1.82, 2.24) is 9.97 Å². The Bertz CT molecular complexity index is 647. The van der Waals surface area contributed by atoms with E-state index in [1.54, 1.807) is 32.0 Å². The van der Waals surface area contributed by atoms with Gasteiger partial charge >= 0.3 is 5.97 Å². The molecule has 0 unspecified atom stereocenters. The van der Waals surface area contributed by atoms with Crippen molar-refractivity contribution in [1.29, 1.82) is 0 Å². The van der Waals surface area contributed by atoms with Gasteiger partial charge in [0.05, 0.1) is 17.9 Å². The number of benzene rings is 1. The van der Waals surface area contributed by atoms with Gasteiger partial charge in [0.1, 0.15) is 5.82 Å². The van der Waals surface area contributed by atoms with E-state index in [9.17, 15) is 9.18 Å². The molecular weight excluding hydrogens is 273 g/mol. The van der Waals surface area contributed by atoms with Crippen molar-refractivity contribution in [3.8, 4) is 0 Å². The molecule has 0 bridgehead atoms. The van der Waals surface area contributed by atoms with E-state index in [1.165, 1.54) is 12.3 Å². The molecule has 21 heavy (non-hydrogen) atoms. The van der Waals surface area contributed by atoms with Crippen LogP contribution in [-0.2, 0) is 11.3 Å². The zero-order valence-electron chi connectivity index (χ0n) is 11.9. The molecule has 6 heteroatoms. The van der Waals surface area contributed by atoms with E-state index in [4.69, 9.17) is 4.74 Å². The predicted molar refractivity (Wildman–Crippen MR) is 76.5 cm³/mol. The van der Waals surface area contributed by atoms with Crippen LogP contribution >= 0.6 is 0 Å². The molecule has 110 valence electrons. The van der Waals surface area contributed by atoms with Crippen molar-refractivity contribution in [2.45, 2.75) is 20.4 Å². The number of carbonyl (C=O) groups excluding carboxylic acids is 1. The third-order valence-electron chi connectivity index (χ3n) is 2.87. The molecule has 0 fully saturated rings. The third kappa shape index (κ3) is 3.75. The number of hydrogen-bond acceptors (Lipinski definition) is 5. The first-order valence-electron chi connectivity index (χ1n) is 6.60. The summed E-state index contributed by atoms with van der Waals surface area (Å²) in [5.74, 6) is -0.399. The highest BCUT2D eigenvalue weighted by Gasteiger charge is 2.12. The number of rotatable bonds is 5. The van der Waals surface area contributed by atoms with Gasteiger partial charge in [0.15, 0.2) is 0 Å². The van der Waals surface area contributed by atoms with Gasteiger partial charge in [-0.25, -0.2) is 19.2 Å². The molecule has 0 amide bonds. The number of anilines is 1. The molecule has 0 aliphatic rings. The highest BCUT2D eigenvalue weighted by atomic mass is 19.1. The second kappa shape index (κ2) is 6.78. The molecule has 2 aromatic rings. The molecule has 1 heterocycles. The molecule has 0 radical (unpaired) electrons. The minimum atomic E-state index is -0.448. The number of hydrogen-bond donors (Lipinski definition) is 1. The van der Waals surface area contributed by atoms with Crippen LogP contribution in [0.15, 0.2) is 30.5 Å². The lowest BCUT2D eigenvalue weighted by Crippen LogP contribution is -2.11. The number of halogens is 1. The topological polar surface area (TPSA) is 64.1 Å². The summed E-state index contributed by atoms with van der Waals surface area (Å²) in [6, 6.07) is 6.47. The average Bonchev–Trinajstić information content (AvgIpc) is 2.46. The maximum atomic E-state index is 13.5. The summed E-state index contributed by atoms with van der Waals surface area (Å²) < 4.78 is 18.4. The summed E-state index contributed by atoms with van der Waals surface area (Å²) in [5.41, 5.74) is 1.36. The van der Waals surface area contributed by atoms with Gasteiger partial charge in [-0.1, -0.05) is 18.2 Å². The van der Waals surface area contributed by atoms with Gasteiger partial charge in [0.25, 0.3) is 0 Å². The van der Waals surface area contributed by atoms with Gasteiger partial charge in [-0.05, 0) is 19.9 Å². The molecule has 0 aliphatic heterocycles. The molecule has 0 spiro atoms. The normalized spacial score (nSPS) is 10.2. The van der Waals surface area contributed by atoms with Crippen molar-refractivity contribution >= 4 is 11.9 Å². The van der Waals surface area contributed by atoms with Crippen LogP contribution < -0.4 is 5.32 Å². The predicted octanol–water partition coefficient (Wildman–Crippen LogP) is 2.71. The lowest BCUT2D eigenvalue weighted by molar-refractivity contribution is 0.0524. The molecule has 0 aliphatic carbocycles. The fourth-order valence-electron chi connectivity index (χ4n) is 1.78. The number of ether oxygens (including phenoxy) is 1. The highest BCUT2D eigenvalue weighted by molar-refractivity contribution is 5.90. The number of esters is 1. The summed E-state index contributed by atoms with van der Waals surface area (Å²) in [5, 5.41) is 2.93. The second-order valence-electron chi connectivity index (χ2n) is 4.36. The first-order valence-corrected chi connectivity index (χ1v) is 6.60. The molecule has 1 N–H and O–H groups in total. The first kappa shape index (κ1) is 14.9. The highest BCUT2D eigenvalue weighted by Crippen LogP contribution is 2.11. The molecule has 0 saturated heterocycles. The van der Waals surface area contributed by atoms with E-state index < -0.39 is 5.97 Å². The van der Waals surface area contributed by atoms with E-state index in [0.29, 0.717) is 29.4 Å². The Morgan fingerprint density at radius 3 is 2.81 bits per heavy atom. The lowest BCUT2D eigenvalue weighted by Gasteiger charge is -2.08. The molecule has 2 rings (SSSR count). The summed E-state index contributed by atoms with van der Waals surface area (Å²) in [6.07, 6.45) is 1.41. The second-order valence-corrected chi connectivity index (χ2v) is 4.36. The summed E-state index contributed by atoms with van der Waals surface area (Å²) >= 11 is 0. The van der Waals surface area contributed by atoms with E-state index in [1.807, 2.05) is 0 Å². The number of nitrogens with zero attached hydrogens (tertiary/aromatic N) is 2. The largest absolute Gasteiger partial charge is 0.462 e. The van der Waals surface area contributed by atoms with Gasteiger partial charge in [0, 0.05) is 18.3 Å². The Hall–Kier alpha value is -2.50. The summed E-state index contributed by atoms with van der Waals surface area (Å²) in [6.45, 7) is 4.00. The zero-order chi connectivity index (χ0) is 15.2. The molecule has 5 nitrogen and oxygen atoms in total. The first-order chi connectivity index (χ1) is 10.1. The minimum Gasteiger partial charge on any atom is -0.462 e. The Kier molecular flexibility index (Phi) is 4.81. The number of aryl methyl sites for hydroxylation is 1. The Labute approximate surface area is 122 Å². The van der Waals surface area contributed by atoms with E-state index in [2.05, 4.69) is 15.3 Å². The van der Waals surface area contributed by atoms with Crippen molar-refractivity contribution in [2.75, 3.05) is 11.9 Å². The molecule has 0 saturated carbocycles. The fourth-order valence-corrected chi connectivity index (χ4v) is 1.78. The van der Waals surface area contributed by atoms with Crippen LogP contribution in [0.5, 0.6) is 0 Å². The van der Waals surface area contributed by atoms with Crippen LogP contribution in [0.3, 0.4) is 0 Å². The van der Waals surface area contributed by atoms with Crippen molar-refractivity contribution < 1.29 is 13.9 Å². The van der Waals surface area contributed by atoms with Crippen molar-refractivity contribution in [2.24, 2.45) is 0 Å². The SMILES string of the molecule is CCOC(=O)c1cnc(NCc2ccccc2F)nc1C. The number of aromatic nitrogens is 2. The minimum absolute atomic E-state index is 0.269. The lowest BCUT2D eigenvalue weighted by atomic mass is 10.2. The van der Waals surface area contributed by atoms with E-state index >= 15 is 0 Å². The van der Waals surface area contributed by atoms with E-state index in [-0.39, 0.29) is 12.4 Å². The van der Waals surface area contributed by atoms with Crippen LogP contribution in [0.4, 0.5) is 10.3 Å². The smallest absolute Gasteiger partial charge is 0.341 e. The van der Waals surface area contributed by atoms with Crippen LogP contribution in [0.2, 0.25) is 0 Å². The standard InChI is InChI=1S/C15H16FN3O2/c1-3-21-14(20)12-9-18-15(19-10(12)2)17-8-11-6-4-5-7-13(11)16/h4-7,9H,3,8H2,1-2H3,(H,17,18,19). The third-order valence-corrected chi connectivity index (χ3v) is 2.87. The number of carbonyl (C=O) groups is 1. The summed E-state index contributed by atoms with van der Waals surface area (Å²) in [7, 11) is 0. The van der Waals surface area contributed by atoms with Gasteiger partial charge < -0.3 is 10.1 Å². The van der Waals surface area contributed by atoms with Crippen LogP contribution in [0.25, 0.3) is 0 Å². The average molecular weight is 289 g/mol. The summed E-state index contributed by atoms with van der Waals surface area (Å²) in [4.78, 5) is 19.8. The molecule has 0 atom stereocenters. The number of nitrogens with one attached hydrogen (secondary N) is 1. The van der Waals surface area contributed by atoms with Crippen LogP contribution in [-0.4, -0.2) is 22.5 Å². The monoisotopic (exact) mass is 289 g/mol. The Morgan fingerprint density at radius 2 is 2.14 bits per heavy atom. The van der Waals surface area contributed by atoms with Gasteiger partial charge in [0.2, 0.25) is 5.95 Å². The maximum Gasteiger partial charge on any atom is 0.341 e. The Morgan fingerprint density at radius 1 is 1.38 bits per heavy atom. The molecule has 1 aromatic carbocycles. The molecule has 1 aromatic heterocycles. The maximum absolute atomic E-state index is 13.5. The van der Waals surface area contributed by atoms with Crippen molar-refractivity contribution in [3.63, 3.8) is 0 Å².